The average molecular weight is 288 g/mol. The topological polar surface area (TPSA) is 64.3 Å². The number of rotatable bonds is 6. The first-order valence-electron chi connectivity index (χ1n) is 6.61. The van der Waals surface area contributed by atoms with Gasteiger partial charge in [0.1, 0.15) is 0 Å². The summed E-state index contributed by atoms with van der Waals surface area (Å²) in [5, 5.41) is 2.70. The molecule has 0 radical (unpaired) electrons. The molecule has 0 unspecified atom stereocenters. The molecule has 1 amide bonds. The first kappa shape index (κ1) is 15.0. The van der Waals surface area contributed by atoms with E-state index in [0.717, 1.165) is 5.56 Å². The number of amides is 1. The van der Waals surface area contributed by atoms with Crippen LogP contribution < -0.4 is 15.8 Å². The van der Waals surface area contributed by atoms with Crippen LogP contribution in [0.15, 0.2) is 48.5 Å². The van der Waals surface area contributed by atoms with E-state index in [1.807, 2.05) is 30.3 Å². The second kappa shape index (κ2) is 7.40. The third kappa shape index (κ3) is 4.57. The molecule has 0 aliphatic heterocycles. The summed E-state index contributed by atoms with van der Waals surface area (Å²) in [5.41, 5.74) is 7.08. The van der Waals surface area contributed by atoms with Gasteiger partial charge < -0.3 is 15.8 Å². The largest absolute Gasteiger partial charge is 0.481 e. The maximum absolute atomic E-state index is 13.6. The van der Waals surface area contributed by atoms with E-state index in [0.29, 0.717) is 12.1 Å². The Balaban J connectivity index is 1.81. The van der Waals surface area contributed by atoms with Crippen molar-refractivity contribution >= 4 is 5.91 Å². The SMILES string of the molecule is NCc1ccc(OCC(=O)NCc2ccccc2)c(F)c1. The van der Waals surface area contributed by atoms with E-state index < -0.39 is 5.82 Å². The molecule has 0 saturated carbocycles. The van der Waals surface area contributed by atoms with Gasteiger partial charge in [-0.15, -0.1) is 0 Å². The Bertz CT molecular complexity index is 602. The highest BCUT2D eigenvalue weighted by Gasteiger charge is 2.07. The maximum Gasteiger partial charge on any atom is 0.258 e. The number of nitrogens with two attached hydrogens (primary N) is 1. The molecule has 110 valence electrons. The smallest absolute Gasteiger partial charge is 0.258 e. The number of ether oxygens (including phenoxy) is 1. The van der Waals surface area contributed by atoms with Crippen LogP contribution in [0, 0.1) is 5.82 Å². The third-order valence-corrected chi connectivity index (χ3v) is 2.92. The molecule has 0 aromatic heterocycles. The average Bonchev–Trinajstić information content (AvgIpc) is 2.52. The van der Waals surface area contributed by atoms with Crippen LogP contribution in [0.4, 0.5) is 4.39 Å². The Morgan fingerprint density at radius 3 is 2.57 bits per heavy atom. The quantitative estimate of drug-likeness (QED) is 0.854. The Kier molecular flexibility index (Phi) is 5.29. The Morgan fingerprint density at radius 2 is 1.90 bits per heavy atom. The van der Waals surface area contributed by atoms with Crippen molar-refractivity contribution in [1.29, 1.82) is 0 Å². The van der Waals surface area contributed by atoms with Crippen LogP contribution in [0.2, 0.25) is 0 Å². The number of hydrogen-bond donors (Lipinski definition) is 2. The van der Waals surface area contributed by atoms with Gasteiger partial charge in [0.2, 0.25) is 0 Å². The standard InChI is InChI=1S/C16H17FN2O2/c17-14-8-13(9-18)6-7-15(14)21-11-16(20)19-10-12-4-2-1-3-5-12/h1-8H,9-11,18H2,(H,19,20). The molecular formula is C16H17FN2O2. The molecule has 2 aromatic carbocycles. The van der Waals surface area contributed by atoms with E-state index >= 15 is 0 Å². The summed E-state index contributed by atoms with van der Waals surface area (Å²) in [7, 11) is 0. The molecule has 2 rings (SSSR count). The van der Waals surface area contributed by atoms with Crippen molar-refractivity contribution in [3.8, 4) is 5.75 Å². The van der Waals surface area contributed by atoms with Crippen molar-refractivity contribution in [2.75, 3.05) is 6.61 Å². The van der Waals surface area contributed by atoms with Gasteiger partial charge in [-0.2, -0.15) is 0 Å². The van der Waals surface area contributed by atoms with Gasteiger partial charge in [-0.1, -0.05) is 36.4 Å². The summed E-state index contributed by atoms with van der Waals surface area (Å²) < 4.78 is 18.8. The number of halogens is 1. The van der Waals surface area contributed by atoms with Gasteiger partial charge in [0.15, 0.2) is 18.2 Å². The molecular weight excluding hydrogens is 271 g/mol. The van der Waals surface area contributed by atoms with E-state index in [4.69, 9.17) is 10.5 Å². The molecule has 4 nitrogen and oxygen atoms in total. The van der Waals surface area contributed by atoms with E-state index in [1.165, 1.54) is 12.1 Å². The van der Waals surface area contributed by atoms with Crippen LogP contribution in [0.25, 0.3) is 0 Å². The molecule has 0 bridgehead atoms. The van der Waals surface area contributed by atoms with Crippen molar-refractivity contribution in [3.05, 3.63) is 65.5 Å². The van der Waals surface area contributed by atoms with Crippen LogP contribution in [-0.2, 0) is 17.9 Å². The van der Waals surface area contributed by atoms with Gasteiger partial charge in [0.25, 0.3) is 5.91 Å². The first-order valence-corrected chi connectivity index (χ1v) is 6.61. The third-order valence-electron chi connectivity index (χ3n) is 2.92. The molecule has 0 aliphatic carbocycles. The van der Waals surface area contributed by atoms with Crippen molar-refractivity contribution in [3.63, 3.8) is 0 Å². The highest BCUT2D eigenvalue weighted by Crippen LogP contribution is 2.17. The van der Waals surface area contributed by atoms with E-state index in [1.54, 1.807) is 6.07 Å². The lowest BCUT2D eigenvalue weighted by molar-refractivity contribution is -0.123. The minimum Gasteiger partial charge on any atom is -0.481 e. The number of hydrogen-bond acceptors (Lipinski definition) is 3. The Hall–Kier alpha value is -2.40. The van der Waals surface area contributed by atoms with Gasteiger partial charge in [-0.05, 0) is 23.3 Å². The molecule has 0 spiro atoms. The monoisotopic (exact) mass is 288 g/mol. The van der Waals surface area contributed by atoms with Crippen molar-refractivity contribution < 1.29 is 13.9 Å². The zero-order chi connectivity index (χ0) is 15.1. The zero-order valence-corrected chi connectivity index (χ0v) is 11.5. The predicted molar refractivity (Wildman–Crippen MR) is 78.1 cm³/mol. The van der Waals surface area contributed by atoms with Crippen LogP contribution in [0.5, 0.6) is 5.75 Å². The highest BCUT2D eigenvalue weighted by atomic mass is 19.1. The molecule has 0 heterocycles. The lowest BCUT2D eigenvalue weighted by Gasteiger charge is -2.09. The maximum atomic E-state index is 13.6. The van der Waals surface area contributed by atoms with Crippen LogP contribution >= 0.6 is 0 Å². The zero-order valence-electron chi connectivity index (χ0n) is 11.5. The van der Waals surface area contributed by atoms with Crippen molar-refractivity contribution in [2.45, 2.75) is 13.1 Å². The summed E-state index contributed by atoms with van der Waals surface area (Å²) in [6, 6.07) is 14.0. The summed E-state index contributed by atoms with van der Waals surface area (Å²) in [5.74, 6) is -0.781. The highest BCUT2D eigenvalue weighted by molar-refractivity contribution is 5.77. The van der Waals surface area contributed by atoms with Gasteiger partial charge in [0.05, 0.1) is 0 Å². The molecule has 0 aliphatic rings. The number of carbonyl (C=O) groups is 1. The fourth-order valence-electron chi connectivity index (χ4n) is 1.78. The number of nitrogens with one attached hydrogen (secondary N) is 1. The molecule has 5 heteroatoms. The van der Waals surface area contributed by atoms with Crippen LogP contribution in [-0.4, -0.2) is 12.5 Å². The van der Waals surface area contributed by atoms with E-state index in [9.17, 15) is 9.18 Å². The van der Waals surface area contributed by atoms with Crippen LogP contribution in [0.1, 0.15) is 11.1 Å². The Morgan fingerprint density at radius 1 is 1.14 bits per heavy atom. The van der Waals surface area contributed by atoms with Crippen molar-refractivity contribution in [1.82, 2.24) is 5.32 Å². The summed E-state index contributed by atoms with van der Waals surface area (Å²) in [6.07, 6.45) is 0. The minimum atomic E-state index is -0.520. The normalized spacial score (nSPS) is 10.2. The van der Waals surface area contributed by atoms with Gasteiger partial charge in [-0.3, -0.25) is 4.79 Å². The fraction of sp³-hybridized carbons (Fsp3) is 0.188. The Labute approximate surface area is 122 Å². The summed E-state index contributed by atoms with van der Waals surface area (Å²) in [4.78, 5) is 11.6. The van der Waals surface area contributed by atoms with E-state index in [-0.39, 0.29) is 24.8 Å². The molecule has 0 saturated heterocycles. The van der Waals surface area contributed by atoms with E-state index in [2.05, 4.69) is 5.32 Å². The summed E-state index contributed by atoms with van der Waals surface area (Å²) in [6.45, 7) is 0.443. The van der Waals surface area contributed by atoms with Gasteiger partial charge >= 0.3 is 0 Å². The van der Waals surface area contributed by atoms with Gasteiger partial charge in [-0.25, -0.2) is 4.39 Å². The minimum absolute atomic E-state index is 0.0436. The predicted octanol–water partition coefficient (Wildman–Crippen LogP) is 1.98. The van der Waals surface area contributed by atoms with Gasteiger partial charge in [0, 0.05) is 13.1 Å². The van der Waals surface area contributed by atoms with Crippen molar-refractivity contribution in [2.24, 2.45) is 5.73 Å². The fourth-order valence-corrected chi connectivity index (χ4v) is 1.78. The van der Waals surface area contributed by atoms with Crippen LogP contribution in [0.3, 0.4) is 0 Å². The first-order chi connectivity index (χ1) is 10.2. The molecule has 2 aromatic rings. The second-order valence-corrected chi connectivity index (χ2v) is 4.52. The molecule has 0 atom stereocenters. The number of carbonyl (C=O) groups excluding carboxylic acids is 1. The molecule has 0 fully saturated rings. The summed E-state index contributed by atoms with van der Waals surface area (Å²) >= 11 is 0. The second-order valence-electron chi connectivity index (χ2n) is 4.52. The number of benzene rings is 2. The molecule has 3 N–H and O–H groups in total. The lowest BCUT2D eigenvalue weighted by Crippen LogP contribution is -2.28. The molecule has 21 heavy (non-hydrogen) atoms. The lowest BCUT2D eigenvalue weighted by atomic mass is 10.2.